The van der Waals surface area contributed by atoms with E-state index in [4.69, 9.17) is 0 Å². The van der Waals surface area contributed by atoms with Crippen molar-refractivity contribution in [3.8, 4) is 0 Å². The van der Waals surface area contributed by atoms with Gasteiger partial charge in [0, 0.05) is 12.6 Å². The van der Waals surface area contributed by atoms with Crippen molar-refractivity contribution < 1.29 is 8.42 Å². The number of aromatic nitrogens is 2. The van der Waals surface area contributed by atoms with E-state index in [1.54, 1.807) is 6.33 Å². The zero-order chi connectivity index (χ0) is 16.3. The monoisotopic (exact) mass is 329 g/mol. The van der Waals surface area contributed by atoms with E-state index in [0.29, 0.717) is 6.54 Å². The van der Waals surface area contributed by atoms with Crippen LogP contribution in [0.15, 0.2) is 60.9 Å². The maximum Gasteiger partial charge on any atom is 0.213 e. The summed E-state index contributed by atoms with van der Waals surface area (Å²) in [4.78, 5) is 4.28. The molecule has 3 rings (SSSR count). The van der Waals surface area contributed by atoms with Gasteiger partial charge in [0.05, 0.1) is 23.1 Å². The van der Waals surface area contributed by atoms with E-state index < -0.39 is 10.0 Å². The summed E-state index contributed by atoms with van der Waals surface area (Å²) in [5, 5.41) is 0. The van der Waals surface area contributed by atoms with Gasteiger partial charge in [0.2, 0.25) is 10.0 Å². The van der Waals surface area contributed by atoms with Gasteiger partial charge in [0.15, 0.2) is 0 Å². The fourth-order valence-electron chi connectivity index (χ4n) is 2.55. The average Bonchev–Trinajstić information content (AvgIpc) is 2.97. The first-order valence-electron chi connectivity index (χ1n) is 7.50. The summed E-state index contributed by atoms with van der Waals surface area (Å²) in [6, 6.07) is 17.0. The van der Waals surface area contributed by atoms with Gasteiger partial charge >= 0.3 is 0 Å². The Bertz CT molecular complexity index is 888. The Morgan fingerprint density at radius 2 is 1.78 bits per heavy atom. The van der Waals surface area contributed by atoms with Crippen LogP contribution in [0.1, 0.15) is 18.5 Å². The summed E-state index contributed by atoms with van der Waals surface area (Å²) < 4.78 is 29.2. The van der Waals surface area contributed by atoms with E-state index in [2.05, 4.69) is 9.71 Å². The van der Waals surface area contributed by atoms with Crippen molar-refractivity contribution in [3.05, 3.63) is 66.5 Å². The Morgan fingerprint density at radius 1 is 1.09 bits per heavy atom. The lowest BCUT2D eigenvalue weighted by atomic mass is 10.1. The van der Waals surface area contributed by atoms with Crippen molar-refractivity contribution in [1.82, 2.24) is 14.3 Å². The molecule has 0 amide bonds. The molecule has 1 heterocycles. The van der Waals surface area contributed by atoms with Gasteiger partial charge in [-0.05, 0) is 24.6 Å². The molecule has 1 aromatic heterocycles. The highest BCUT2D eigenvalue weighted by Gasteiger charge is 2.16. The molecule has 3 aromatic rings. The van der Waals surface area contributed by atoms with Crippen molar-refractivity contribution in [3.63, 3.8) is 0 Å². The van der Waals surface area contributed by atoms with Gasteiger partial charge in [0.1, 0.15) is 0 Å². The van der Waals surface area contributed by atoms with Crippen molar-refractivity contribution in [2.24, 2.45) is 0 Å². The molecule has 0 bridgehead atoms. The maximum atomic E-state index is 12.3. The normalized spacial score (nSPS) is 13.3. The van der Waals surface area contributed by atoms with Crippen molar-refractivity contribution in [1.29, 1.82) is 0 Å². The molecule has 0 saturated carbocycles. The van der Waals surface area contributed by atoms with E-state index in [1.807, 2.05) is 66.1 Å². The molecule has 0 aliphatic heterocycles. The number of aryl methyl sites for hydroxylation is 1. The van der Waals surface area contributed by atoms with Gasteiger partial charge in [-0.2, -0.15) is 0 Å². The highest BCUT2D eigenvalue weighted by atomic mass is 32.2. The average molecular weight is 329 g/mol. The molecule has 0 saturated heterocycles. The molecule has 2 aromatic carbocycles. The molecule has 1 N–H and O–H groups in total. The smallest absolute Gasteiger partial charge is 0.213 e. The first kappa shape index (κ1) is 15.7. The lowest BCUT2D eigenvalue weighted by Gasteiger charge is -2.15. The first-order valence-corrected chi connectivity index (χ1v) is 9.15. The molecule has 0 aliphatic rings. The van der Waals surface area contributed by atoms with Crippen LogP contribution >= 0.6 is 0 Å². The van der Waals surface area contributed by atoms with Crippen LogP contribution in [-0.2, 0) is 16.6 Å². The Hall–Kier alpha value is -2.18. The molecule has 0 fully saturated rings. The van der Waals surface area contributed by atoms with Crippen molar-refractivity contribution in [2.75, 3.05) is 5.75 Å². The standard InChI is InChI=1S/C17H19N3O2S/c1-14(15-7-3-2-4-8-15)19-23(21,22)12-11-20-13-18-16-9-5-6-10-17(16)20/h2-10,13-14,19H,11-12H2,1H3/t14-/m1/s1. The van der Waals surface area contributed by atoms with Crippen LogP contribution in [0.4, 0.5) is 0 Å². The van der Waals surface area contributed by atoms with Crippen LogP contribution in [-0.4, -0.2) is 23.7 Å². The summed E-state index contributed by atoms with van der Waals surface area (Å²) in [6.45, 7) is 2.22. The van der Waals surface area contributed by atoms with Gasteiger partial charge < -0.3 is 4.57 Å². The topological polar surface area (TPSA) is 64.0 Å². The van der Waals surface area contributed by atoms with Gasteiger partial charge in [0.25, 0.3) is 0 Å². The van der Waals surface area contributed by atoms with E-state index in [9.17, 15) is 8.42 Å². The molecule has 23 heavy (non-hydrogen) atoms. The summed E-state index contributed by atoms with van der Waals surface area (Å²) in [5.74, 6) is 0.0184. The highest BCUT2D eigenvalue weighted by molar-refractivity contribution is 7.89. The molecule has 120 valence electrons. The Morgan fingerprint density at radius 3 is 2.57 bits per heavy atom. The van der Waals surface area contributed by atoms with E-state index in [-0.39, 0.29) is 11.8 Å². The quantitative estimate of drug-likeness (QED) is 0.756. The fraction of sp³-hybridized carbons (Fsp3) is 0.235. The fourth-order valence-corrected chi connectivity index (χ4v) is 3.77. The van der Waals surface area contributed by atoms with Crippen LogP contribution < -0.4 is 4.72 Å². The molecular weight excluding hydrogens is 310 g/mol. The Labute approximate surface area is 136 Å². The molecule has 6 heteroatoms. The number of hydrogen-bond acceptors (Lipinski definition) is 3. The zero-order valence-corrected chi connectivity index (χ0v) is 13.7. The molecule has 0 aliphatic carbocycles. The van der Waals surface area contributed by atoms with Crippen LogP contribution in [0, 0.1) is 0 Å². The molecule has 0 spiro atoms. The SMILES string of the molecule is C[C@@H](NS(=O)(=O)CCn1cnc2ccccc21)c1ccccc1. The first-order chi connectivity index (χ1) is 11.1. The van der Waals surface area contributed by atoms with E-state index in [0.717, 1.165) is 16.6 Å². The number of para-hydroxylation sites is 2. The highest BCUT2D eigenvalue weighted by Crippen LogP contribution is 2.14. The molecule has 0 radical (unpaired) electrons. The second-order valence-corrected chi connectivity index (χ2v) is 7.37. The minimum absolute atomic E-state index is 0.0184. The zero-order valence-electron chi connectivity index (χ0n) is 12.9. The Kier molecular flexibility index (Phi) is 4.45. The molecular formula is C17H19N3O2S. The van der Waals surface area contributed by atoms with Crippen LogP contribution in [0.3, 0.4) is 0 Å². The van der Waals surface area contributed by atoms with Crippen LogP contribution in [0.25, 0.3) is 11.0 Å². The molecule has 5 nitrogen and oxygen atoms in total. The van der Waals surface area contributed by atoms with E-state index in [1.165, 1.54) is 0 Å². The summed E-state index contributed by atoms with van der Waals surface area (Å²) in [7, 11) is -3.37. The van der Waals surface area contributed by atoms with Gasteiger partial charge in [-0.3, -0.25) is 0 Å². The summed E-state index contributed by atoms with van der Waals surface area (Å²) in [6.07, 6.45) is 1.68. The number of sulfonamides is 1. The van der Waals surface area contributed by atoms with Crippen LogP contribution in [0.2, 0.25) is 0 Å². The van der Waals surface area contributed by atoms with Gasteiger partial charge in [-0.15, -0.1) is 0 Å². The predicted molar refractivity (Wildman–Crippen MR) is 91.5 cm³/mol. The lowest BCUT2D eigenvalue weighted by molar-refractivity contribution is 0.561. The van der Waals surface area contributed by atoms with Crippen molar-refractivity contribution >= 4 is 21.1 Å². The number of benzene rings is 2. The minimum Gasteiger partial charge on any atom is -0.330 e. The van der Waals surface area contributed by atoms with Gasteiger partial charge in [-0.25, -0.2) is 18.1 Å². The minimum atomic E-state index is -3.37. The molecule has 0 unspecified atom stereocenters. The largest absolute Gasteiger partial charge is 0.330 e. The summed E-state index contributed by atoms with van der Waals surface area (Å²) in [5.41, 5.74) is 2.76. The third-order valence-corrected chi connectivity index (χ3v) is 5.22. The number of nitrogens with zero attached hydrogens (tertiary/aromatic N) is 2. The van der Waals surface area contributed by atoms with Gasteiger partial charge in [-0.1, -0.05) is 42.5 Å². The third-order valence-electron chi connectivity index (χ3n) is 3.78. The number of imidazole rings is 1. The molecule has 1 atom stereocenters. The third kappa shape index (κ3) is 3.78. The lowest BCUT2D eigenvalue weighted by Crippen LogP contribution is -2.30. The Balaban J connectivity index is 1.67. The van der Waals surface area contributed by atoms with Crippen LogP contribution in [0.5, 0.6) is 0 Å². The summed E-state index contributed by atoms with van der Waals surface area (Å²) >= 11 is 0. The maximum absolute atomic E-state index is 12.3. The number of nitrogens with one attached hydrogen (secondary N) is 1. The number of rotatable bonds is 6. The van der Waals surface area contributed by atoms with E-state index >= 15 is 0 Å². The second-order valence-electron chi connectivity index (χ2n) is 5.50. The van der Waals surface area contributed by atoms with Crippen molar-refractivity contribution in [2.45, 2.75) is 19.5 Å². The predicted octanol–water partition coefficient (Wildman–Crippen LogP) is 2.72. The number of hydrogen-bond donors (Lipinski definition) is 1. The number of fused-ring (bicyclic) bond motifs is 1. The second kappa shape index (κ2) is 6.52.